The number of hydrogen-bond donors (Lipinski definition) is 1. The molecule has 0 radical (unpaired) electrons. The average molecular weight is 331 g/mol. The van der Waals surface area contributed by atoms with Crippen LogP contribution in [0.2, 0.25) is 0 Å². The van der Waals surface area contributed by atoms with E-state index in [1.165, 1.54) is 11.4 Å². The maximum atomic E-state index is 12.5. The minimum Gasteiger partial charge on any atom is -0.360 e. The molecule has 1 rings (SSSR count). The van der Waals surface area contributed by atoms with Crippen molar-refractivity contribution in [2.45, 2.75) is 45.9 Å². The number of nitrogens with one attached hydrogen (secondary N) is 1. The topological polar surface area (TPSA) is 92.5 Å². The number of likely N-dealkylation sites (N-methyl/N-ethyl adjacent to an activating group) is 1. The van der Waals surface area contributed by atoms with Crippen LogP contribution < -0.4 is 5.32 Å². The van der Waals surface area contributed by atoms with E-state index in [2.05, 4.69) is 10.5 Å². The van der Waals surface area contributed by atoms with Gasteiger partial charge in [0.05, 0.1) is 0 Å². The highest BCUT2D eigenvalue weighted by atomic mass is 32.2. The Morgan fingerprint density at radius 3 is 2.36 bits per heavy atom. The molecule has 8 heteroatoms. The molecular formula is C14H25N3O4S. The molecule has 0 atom stereocenters. The third-order valence-electron chi connectivity index (χ3n) is 3.08. The molecule has 7 nitrogen and oxygen atoms in total. The number of nitrogens with zero attached hydrogens (tertiary/aromatic N) is 2. The number of hydrogen-bond acceptors (Lipinski definition) is 5. The molecule has 1 N–H and O–H groups in total. The van der Waals surface area contributed by atoms with E-state index in [1.807, 2.05) is 20.8 Å². The highest BCUT2D eigenvalue weighted by molar-refractivity contribution is 7.89. The Labute approximate surface area is 132 Å². The Morgan fingerprint density at radius 2 is 1.91 bits per heavy atom. The molecule has 126 valence electrons. The van der Waals surface area contributed by atoms with Gasteiger partial charge in [-0.25, -0.2) is 8.42 Å². The van der Waals surface area contributed by atoms with Crippen LogP contribution in [-0.4, -0.2) is 43.9 Å². The first-order valence-corrected chi connectivity index (χ1v) is 8.55. The maximum Gasteiger partial charge on any atom is 0.248 e. The zero-order chi connectivity index (χ0) is 17.1. The van der Waals surface area contributed by atoms with Crippen molar-refractivity contribution < 1.29 is 17.7 Å². The van der Waals surface area contributed by atoms with Gasteiger partial charge in [-0.05, 0) is 19.3 Å². The van der Waals surface area contributed by atoms with Crippen LogP contribution in [0.5, 0.6) is 0 Å². The summed E-state index contributed by atoms with van der Waals surface area (Å²) >= 11 is 0. The molecule has 0 bridgehead atoms. The molecule has 0 aliphatic heterocycles. The molecule has 0 aromatic carbocycles. The maximum absolute atomic E-state index is 12.5. The van der Waals surface area contributed by atoms with Gasteiger partial charge >= 0.3 is 0 Å². The van der Waals surface area contributed by atoms with Gasteiger partial charge in [-0.1, -0.05) is 25.9 Å². The van der Waals surface area contributed by atoms with Crippen molar-refractivity contribution in [2.75, 3.05) is 20.1 Å². The highest BCUT2D eigenvalue weighted by Gasteiger charge is 2.28. The fraction of sp³-hybridized carbons (Fsp3) is 0.714. The molecule has 1 heterocycles. The summed E-state index contributed by atoms with van der Waals surface area (Å²) in [5.74, 6) is 0.178. The van der Waals surface area contributed by atoms with Gasteiger partial charge in [0.1, 0.15) is 10.6 Å². The summed E-state index contributed by atoms with van der Waals surface area (Å²) in [5.41, 5.74) is 0.236. The molecule has 0 saturated carbocycles. The lowest BCUT2D eigenvalue weighted by atomic mass is 9.92. The van der Waals surface area contributed by atoms with E-state index in [0.29, 0.717) is 12.1 Å². The molecule has 0 spiro atoms. The number of aryl methyl sites for hydroxylation is 2. The zero-order valence-corrected chi connectivity index (χ0v) is 14.9. The molecule has 0 aliphatic rings. The second-order valence-electron chi connectivity index (χ2n) is 6.57. The Balaban J connectivity index is 2.63. The van der Waals surface area contributed by atoms with Gasteiger partial charge in [-0.2, -0.15) is 4.31 Å². The lowest BCUT2D eigenvalue weighted by Crippen LogP contribution is -2.37. The van der Waals surface area contributed by atoms with Gasteiger partial charge in [-0.15, -0.1) is 0 Å². The third kappa shape index (κ3) is 4.81. The number of amides is 1. The van der Waals surface area contributed by atoms with Crippen molar-refractivity contribution in [2.24, 2.45) is 5.41 Å². The summed E-state index contributed by atoms with van der Waals surface area (Å²) in [4.78, 5) is 11.8. The van der Waals surface area contributed by atoms with E-state index < -0.39 is 10.0 Å². The van der Waals surface area contributed by atoms with Crippen molar-refractivity contribution in [3.8, 4) is 0 Å². The molecule has 1 aromatic heterocycles. The van der Waals surface area contributed by atoms with E-state index in [-0.39, 0.29) is 35.1 Å². The molecule has 0 unspecified atom stereocenters. The highest BCUT2D eigenvalue weighted by Crippen LogP contribution is 2.22. The normalized spacial score (nSPS) is 12.7. The number of rotatable bonds is 6. The van der Waals surface area contributed by atoms with Crippen LogP contribution in [0.4, 0.5) is 0 Å². The Hall–Kier alpha value is -1.41. The van der Waals surface area contributed by atoms with E-state index in [0.717, 1.165) is 0 Å². The second-order valence-corrected chi connectivity index (χ2v) is 8.55. The van der Waals surface area contributed by atoms with E-state index in [1.54, 1.807) is 13.8 Å². The molecule has 0 saturated heterocycles. The van der Waals surface area contributed by atoms with Crippen molar-refractivity contribution >= 4 is 15.9 Å². The summed E-state index contributed by atoms with van der Waals surface area (Å²) < 4.78 is 31.0. The van der Waals surface area contributed by atoms with E-state index in [4.69, 9.17) is 4.52 Å². The van der Waals surface area contributed by atoms with Crippen LogP contribution in [0.1, 0.15) is 38.6 Å². The number of carbonyl (C=O) groups is 1. The van der Waals surface area contributed by atoms with Crippen LogP contribution >= 0.6 is 0 Å². The lowest BCUT2D eigenvalue weighted by molar-refractivity contribution is -0.122. The first kappa shape index (κ1) is 18.6. The van der Waals surface area contributed by atoms with Gasteiger partial charge in [0.25, 0.3) is 0 Å². The number of aromatic nitrogens is 1. The number of carbonyl (C=O) groups excluding carboxylic acids is 1. The monoisotopic (exact) mass is 331 g/mol. The standard InChI is InChI=1S/C14H25N3O4S/c1-10-13(11(2)21-16-10)22(19,20)17(6)8-7-15-12(18)9-14(3,4)5/h7-9H2,1-6H3,(H,15,18). The molecule has 1 aromatic rings. The van der Waals surface area contributed by atoms with Crippen molar-refractivity contribution in [1.82, 2.24) is 14.8 Å². The zero-order valence-electron chi connectivity index (χ0n) is 14.1. The first-order valence-electron chi connectivity index (χ1n) is 7.11. The lowest BCUT2D eigenvalue weighted by Gasteiger charge is -2.19. The molecular weight excluding hydrogens is 306 g/mol. The minimum atomic E-state index is -3.66. The molecule has 1 amide bonds. The van der Waals surface area contributed by atoms with Gasteiger partial charge in [0, 0.05) is 26.6 Å². The summed E-state index contributed by atoms with van der Waals surface area (Å²) in [6.07, 6.45) is 0.396. The van der Waals surface area contributed by atoms with Gasteiger partial charge in [0.2, 0.25) is 15.9 Å². The van der Waals surface area contributed by atoms with Crippen LogP contribution in [0, 0.1) is 19.3 Å². The largest absolute Gasteiger partial charge is 0.360 e. The van der Waals surface area contributed by atoms with Crippen molar-refractivity contribution in [1.29, 1.82) is 0 Å². The predicted octanol–water partition coefficient (Wildman–Crippen LogP) is 1.46. The summed E-state index contributed by atoms with van der Waals surface area (Å²) in [5, 5.41) is 6.40. The minimum absolute atomic E-state index is 0.0874. The van der Waals surface area contributed by atoms with Crippen LogP contribution in [0.25, 0.3) is 0 Å². The Bertz CT molecular complexity index is 610. The first-order chi connectivity index (χ1) is 9.95. The SMILES string of the molecule is Cc1noc(C)c1S(=O)(=O)N(C)CCNC(=O)CC(C)(C)C. The van der Waals surface area contributed by atoms with Gasteiger partial charge in [-0.3, -0.25) is 4.79 Å². The quantitative estimate of drug-likeness (QED) is 0.852. The Morgan fingerprint density at radius 1 is 1.32 bits per heavy atom. The Kier molecular flexibility index (Phi) is 5.75. The third-order valence-corrected chi connectivity index (χ3v) is 5.18. The summed E-state index contributed by atoms with van der Waals surface area (Å²) in [7, 11) is -2.19. The van der Waals surface area contributed by atoms with Crippen molar-refractivity contribution in [3.05, 3.63) is 11.5 Å². The predicted molar refractivity (Wildman–Crippen MR) is 82.9 cm³/mol. The van der Waals surface area contributed by atoms with Gasteiger partial charge < -0.3 is 9.84 Å². The van der Waals surface area contributed by atoms with Crippen LogP contribution in [-0.2, 0) is 14.8 Å². The number of sulfonamides is 1. The van der Waals surface area contributed by atoms with Gasteiger partial charge in [0.15, 0.2) is 5.76 Å². The summed E-state index contributed by atoms with van der Waals surface area (Å²) in [6, 6.07) is 0. The molecule has 22 heavy (non-hydrogen) atoms. The smallest absolute Gasteiger partial charge is 0.248 e. The fourth-order valence-electron chi connectivity index (χ4n) is 2.02. The van der Waals surface area contributed by atoms with E-state index in [9.17, 15) is 13.2 Å². The van der Waals surface area contributed by atoms with Crippen molar-refractivity contribution in [3.63, 3.8) is 0 Å². The molecule has 0 fully saturated rings. The molecule has 0 aliphatic carbocycles. The second kappa shape index (κ2) is 6.78. The average Bonchev–Trinajstić information content (AvgIpc) is 2.66. The fourth-order valence-corrected chi connectivity index (χ4v) is 3.47. The van der Waals surface area contributed by atoms with Crippen LogP contribution in [0.3, 0.4) is 0 Å². The summed E-state index contributed by atoms with van der Waals surface area (Å²) in [6.45, 7) is 9.51. The van der Waals surface area contributed by atoms with Crippen LogP contribution in [0.15, 0.2) is 9.42 Å². The van der Waals surface area contributed by atoms with E-state index >= 15 is 0 Å².